The molecule has 0 atom stereocenters. The van der Waals surface area contributed by atoms with Gasteiger partial charge in [-0.3, -0.25) is 9.89 Å². The second-order valence-corrected chi connectivity index (χ2v) is 3.57. The van der Waals surface area contributed by atoms with E-state index in [0.717, 1.165) is 10.9 Å². The number of hydrazone groups is 1. The van der Waals surface area contributed by atoms with Crippen LogP contribution in [0.25, 0.3) is 10.9 Å². The van der Waals surface area contributed by atoms with E-state index in [1.54, 1.807) is 0 Å². The van der Waals surface area contributed by atoms with Crippen molar-refractivity contribution in [3.05, 3.63) is 24.3 Å². The summed E-state index contributed by atoms with van der Waals surface area (Å²) in [6.45, 7) is 0. The fraction of sp³-hybridized carbons (Fsp3) is 0.100. The van der Waals surface area contributed by atoms with Gasteiger partial charge in [-0.25, -0.2) is 0 Å². The van der Waals surface area contributed by atoms with Crippen molar-refractivity contribution in [1.82, 2.24) is 10.2 Å². The van der Waals surface area contributed by atoms with Gasteiger partial charge >= 0.3 is 0 Å². The minimum absolute atomic E-state index is 0.154. The third-order valence-corrected chi connectivity index (χ3v) is 2.45. The highest BCUT2D eigenvalue weighted by Gasteiger charge is 2.26. The van der Waals surface area contributed by atoms with Crippen LogP contribution in [0.1, 0.15) is 6.42 Å². The van der Waals surface area contributed by atoms with Crippen LogP contribution in [-0.2, 0) is 4.79 Å². The molecule has 0 unspecified atom stereocenters. The Labute approximate surface area is 90.7 Å². The van der Waals surface area contributed by atoms with Gasteiger partial charge in [0, 0.05) is 5.39 Å². The second-order valence-electron chi connectivity index (χ2n) is 3.57. The Bertz CT molecular complexity index is 600. The van der Waals surface area contributed by atoms with Crippen LogP contribution in [0.4, 0.5) is 5.82 Å². The average molecular weight is 215 g/mol. The van der Waals surface area contributed by atoms with Crippen LogP contribution in [0.5, 0.6) is 0 Å². The molecule has 0 spiro atoms. The molecule has 0 saturated heterocycles. The molecule has 1 aromatic carbocycles. The zero-order valence-corrected chi connectivity index (χ0v) is 8.34. The van der Waals surface area contributed by atoms with Gasteiger partial charge in [-0.05, 0) is 12.1 Å². The van der Waals surface area contributed by atoms with Crippen LogP contribution in [0.15, 0.2) is 29.4 Å². The molecule has 1 aliphatic heterocycles. The lowest BCUT2D eigenvalue weighted by Gasteiger charge is -2.07. The number of amidine groups is 1. The molecule has 3 N–H and O–H groups in total. The van der Waals surface area contributed by atoms with Crippen molar-refractivity contribution in [1.29, 1.82) is 0 Å². The molecule has 6 heteroatoms. The van der Waals surface area contributed by atoms with Gasteiger partial charge in [0.05, 0.1) is 11.9 Å². The maximum atomic E-state index is 11.6. The lowest BCUT2D eigenvalue weighted by atomic mass is 10.2. The van der Waals surface area contributed by atoms with Crippen molar-refractivity contribution in [2.45, 2.75) is 6.42 Å². The summed E-state index contributed by atoms with van der Waals surface area (Å²) in [7, 11) is 0. The van der Waals surface area contributed by atoms with Crippen molar-refractivity contribution >= 4 is 28.5 Å². The third kappa shape index (κ3) is 1.16. The molecule has 3 rings (SSSR count). The van der Waals surface area contributed by atoms with Crippen LogP contribution >= 0.6 is 0 Å². The minimum Gasteiger partial charge on any atom is -0.385 e. The molecule has 0 bridgehead atoms. The molecule has 0 fully saturated rings. The molecule has 1 aromatic heterocycles. The van der Waals surface area contributed by atoms with Gasteiger partial charge in [0.15, 0.2) is 5.82 Å². The number of carbonyl (C=O) groups excluding carboxylic acids is 1. The molecule has 1 amide bonds. The number of amides is 1. The Morgan fingerprint density at radius 1 is 1.38 bits per heavy atom. The number of fused-ring (bicyclic) bond motifs is 1. The Morgan fingerprint density at radius 2 is 2.19 bits per heavy atom. The number of hydrogen-bond donors (Lipinski definition) is 2. The van der Waals surface area contributed by atoms with E-state index in [-0.39, 0.29) is 12.3 Å². The van der Waals surface area contributed by atoms with Crippen molar-refractivity contribution < 1.29 is 4.79 Å². The summed E-state index contributed by atoms with van der Waals surface area (Å²) in [5, 5.41) is 13.0. The highest BCUT2D eigenvalue weighted by Crippen LogP contribution is 2.26. The highest BCUT2D eigenvalue weighted by molar-refractivity contribution is 6.13. The van der Waals surface area contributed by atoms with Crippen molar-refractivity contribution in [2.75, 3.05) is 5.01 Å². The number of nitrogens with two attached hydrogens (primary N) is 1. The molecular formula is C10H9N5O. The molecule has 16 heavy (non-hydrogen) atoms. The summed E-state index contributed by atoms with van der Waals surface area (Å²) in [6, 6.07) is 7.55. The summed E-state index contributed by atoms with van der Waals surface area (Å²) in [6.07, 6.45) is 0.154. The number of hydrogen-bond acceptors (Lipinski definition) is 4. The van der Waals surface area contributed by atoms with Gasteiger partial charge in [0.1, 0.15) is 5.84 Å². The third-order valence-electron chi connectivity index (χ3n) is 2.45. The van der Waals surface area contributed by atoms with Gasteiger partial charge < -0.3 is 5.73 Å². The standard InChI is InChI=1S/C10H9N5O/c11-8-5-9(16)15(14-8)10-6-3-1-2-4-7(6)12-13-10/h1-4H,5H2,(H2,11,14)(H,12,13). The van der Waals surface area contributed by atoms with Crippen LogP contribution in [0, 0.1) is 0 Å². The number of nitrogens with zero attached hydrogens (tertiary/aromatic N) is 3. The minimum atomic E-state index is -0.158. The molecule has 0 aliphatic carbocycles. The van der Waals surface area contributed by atoms with Crippen LogP contribution < -0.4 is 10.7 Å². The zero-order chi connectivity index (χ0) is 11.1. The molecule has 0 saturated carbocycles. The van der Waals surface area contributed by atoms with Crippen LogP contribution in [0.3, 0.4) is 0 Å². The fourth-order valence-corrected chi connectivity index (χ4v) is 1.73. The Balaban J connectivity index is 2.16. The highest BCUT2D eigenvalue weighted by atomic mass is 16.2. The SMILES string of the molecule is NC1=NN(c2n[nH]c3ccccc23)C(=O)C1. The predicted molar refractivity (Wildman–Crippen MR) is 59.8 cm³/mol. The lowest BCUT2D eigenvalue weighted by molar-refractivity contribution is -0.116. The molecule has 2 aromatic rings. The summed E-state index contributed by atoms with van der Waals surface area (Å²) < 4.78 is 0. The number of aromatic nitrogens is 2. The van der Waals surface area contributed by atoms with Gasteiger partial charge in [0.25, 0.3) is 5.91 Å². The maximum absolute atomic E-state index is 11.6. The summed E-state index contributed by atoms with van der Waals surface area (Å²) in [5.41, 5.74) is 6.38. The zero-order valence-electron chi connectivity index (χ0n) is 8.34. The number of nitrogens with one attached hydrogen (secondary N) is 1. The first-order valence-corrected chi connectivity index (χ1v) is 4.85. The largest absolute Gasteiger partial charge is 0.385 e. The number of rotatable bonds is 1. The Kier molecular flexibility index (Phi) is 1.70. The topological polar surface area (TPSA) is 87.4 Å². The monoisotopic (exact) mass is 215 g/mol. The number of aromatic amines is 1. The smallest absolute Gasteiger partial charge is 0.256 e. The Morgan fingerprint density at radius 3 is 2.94 bits per heavy atom. The molecule has 80 valence electrons. The number of benzene rings is 1. The average Bonchev–Trinajstić information content (AvgIpc) is 2.81. The maximum Gasteiger partial charge on any atom is 0.256 e. The van der Waals surface area contributed by atoms with Gasteiger partial charge in [-0.2, -0.15) is 15.2 Å². The quantitative estimate of drug-likeness (QED) is 0.729. The number of anilines is 1. The first-order chi connectivity index (χ1) is 7.75. The molecule has 0 radical (unpaired) electrons. The first kappa shape index (κ1) is 8.90. The van der Waals surface area contributed by atoms with E-state index in [2.05, 4.69) is 15.3 Å². The van der Waals surface area contributed by atoms with Gasteiger partial charge in [-0.15, -0.1) is 0 Å². The fourth-order valence-electron chi connectivity index (χ4n) is 1.73. The normalized spacial score (nSPS) is 15.9. The van der Waals surface area contributed by atoms with Crippen LogP contribution in [0.2, 0.25) is 0 Å². The number of H-pyrrole nitrogens is 1. The van der Waals surface area contributed by atoms with Crippen molar-refractivity contribution in [3.63, 3.8) is 0 Å². The summed E-state index contributed by atoms with van der Waals surface area (Å²) in [5.74, 6) is 0.660. The Hall–Kier alpha value is -2.37. The van der Waals surface area contributed by atoms with E-state index in [1.165, 1.54) is 5.01 Å². The molecule has 6 nitrogen and oxygen atoms in total. The number of carbonyl (C=O) groups is 1. The van der Waals surface area contributed by atoms with Crippen molar-refractivity contribution in [2.24, 2.45) is 10.8 Å². The van der Waals surface area contributed by atoms with E-state index >= 15 is 0 Å². The van der Waals surface area contributed by atoms with Gasteiger partial charge in [-0.1, -0.05) is 12.1 Å². The van der Waals surface area contributed by atoms with E-state index in [0.29, 0.717) is 11.7 Å². The lowest BCUT2D eigenvalue weighted by Crippen LogP contribution is -2.20. The number of para-hydroxylation sites is 1. The second kappa shape index (κ2) is 3.06. The van der Waals surface area contributed by atoms with Crippen LogP contribution in [-0.4, -0.2) is 21.9 Å². The molecule has 1 aliphatic rings. The molecule has 2 heterocycles. The molecular weight excluding hydrogens is 206 g/mol. The van der Waals surface area contributed by atoms with E-state index < -0.39 is 0 Å². The van der Waals surface area contributed by atoms with E-state index in [1.807, 2.05) is 24.3 Å². The van der Waals surface area contributed by atoms with E-state index in [4.69, 9.17) is 5.73 Å². The first-order valence-electron chi connectivity index (χ1n) is 4.85. The predicted octanol–water partition coefficient (Wildman–Crippen LogP) is 0.572. The summed E-state index contributed by atoms with van der Waals surface area (Å²) >= 11 is 0. The summed E-state index contributed by atoms with van der Waals surface area (Å²) in [4.78, 5) is 11.6. The van der Waals surface area contributed by atoms with Crippen molar-refractivity contribution in [3.8, 4) is 0 Å². The van der Waals surface area contributed by atoms with Gasteiger partial charge in [0.2, 0.25) is 0 Å². The van der Waals surface area contributed by atoms with E-state index in [9.17, 15) is 4.79 Å².